The van der Waals surface area contributed by atoms with Gasteiger partial charge in [-0.3, -0.25) is 0 Å². The van der Waals surface area contributed by atoms with E-state index in [0.717, 1.165) is 23.0 Å². The number of halogens is 2. The molecule has 0 aliphatic rings. The Labute approximate surface area is 133 Å². The quantitative estimate of drug-likeness (QED) is 0.744. The smallest absolute Gasteiger partial charge is 0.152 e. The molecule has 2 rings (SSSR count). The van der Waals surface area contributed by atoms with E-state index in [0.29, 0.717) is 11.2 Å². The van der Waals surface area contributed by atoms with Crippen LogP contribution >= 0.6 is 27.5 Å². The summed E-state index contributed by atoms with van der Waals surface area (Å²) < 4.78 is 0.926. The molecule has 0 aliphatic heterocycles. The van der Waals surface area contributed by atoms with Crippen LogP contribution in [-0.2, 0) is 6.42 Å². The van der Waals surface area contributed by atoms with E-state index in [1.165, 1.54) is 11.1 Å². The highest BCUT2D eigenvalue weighted by Gasteiger charge is 2.07. The first-order chi connectivity index (χ1) is 9.54. The third kappa shape index (κ3) is 4.50. The van der Waals surface area contributed by atoms with Crippen LogP contribution in [0.4, 0.5) is 5.69 Å². The molecule has 0 amide bonds. The number of aryl methyl sites for hydroxylation is 2. The topological polar surface area (TPSA) is 24.9 Å². The Morgan fingerprint density at radius 1 is 1.35 bits per heavy atom. The van der Waals surface area contributed by atoms with Gasteiger partial charge in [-0.05, 0) is 54.2 Å². The highest BCUT2D eigenvalue weighted by molar-refractivity contribution is 9.10. The lowest BCUT2D eigenvalue weighted by molar-refractivity contribution is 0.705. The maximum absolute atomic E-state index is 6.08. The fraction of sp³-hybridized carbons (Fsp3) is 0.312. The summed E-state index contributed by atoms with van der Waals surface area (Å²) in [5, 5.41) is 3.92. The average molecular weight is 354 g/mol. The molecule has 0 aliphatic carbocycles. The number of hydrogen-bond donors (Lipinski definition) is 1. The van der Waals surface area contributed by atoms with Crippen LogP contribution < -0.4 is 5.32 Å². The van der Waals surface area contributed by atoms with E-state index < -0.39 is 0 Å². The molecule has 0 radical (unpaired) electrons. The van der Waals surface area contributed by atoms with E-state index in [9.17, 15) is 0 Å². The Kier molecular flexibility index (Phi) is 5.44. The Morgan fingerprint density at radius 3 is 2.90 bits per heavy atom. The van der Waals surface area contributed by atoms with Crippen molar-refractivity contribution >= 4 is 33.2 Å². The predicted octanol–water partition coefficient (Wildman–Crippen LogP) is 5.24. The molecule has 4 heteroatoms. The van der Waals surface area contributed by atoms with Crippen LogP contribution in [0.2, 0.25) is 5.15 Å². The van der Waals surface area contributed by atoms with Crippen molar-refractivity contribution in [1.82, 2.24) is 4.98 Å². The second-order valence-corrected chi connectivity index (χ2v) is 6.34. The van der Waals surface area contributed by atoms with Gasteiger partial charge in [-0.2, -0.15) is 0 Å². The highest BCUT2D eigenvalue weighted by Crippen LogP contribution is 2.24. The van der Waals surface area contributed by atoms with Gasteiger partial charge < -0.3 is 5.32 Å². The third-order valence-electron chi connectivity index (χ3n) is 3.16. The van der Waals surface area contributed by atoms with Crippen LogP contribution in [0.5, 0.6) is 0 Å². The molecule has 1 aromatic heterocycles. The molecule has 1 unspecified atom stereocenters. The third-order valence-corrected chi connectivity index (χ3v) is 3.89. The zero-order chi connectivity index (χ0) is 14.5. The lowest BCUT2D eigenvalue weighted by atomic mass is 10.0. The molecule has 0 saturated carbocycles. The van der Waals surface area contributed by atoms with Crippen LogP contribution in [0.25, 0.3) is 0 Å². The van der Waals surface area contributed by atoms with Gasteiger partial charge in [-0.15, -0.1) is 0 Å². The van der Waals surface area contributed by atoms with Crippen molar-refractivity contribution in [2.75, 3.05) is 5.32 Å². The van der Waals surface area contributed by atoms with Gasteiger partial charge in [0.2, 0.25) is 0 Å². The van der Waals surface area contributed by atoms with Crippen molar-refractivity contribution in [2.45, 2.75) is 32.7 Å². The lowest BCUT2D eigenvalue weighted by Gasteiger charge is -2.16. The minimum Gasteiger partial charge on any atom is -0.380 e. The molecule has 0 fully saturated rings. The van der Waals surface area contributed by atoms with Crippen LogP contribution in [0.15, 0.2) is 41.0 Å². The molecular formula is C16H18BrClN2. The van der Waals surface area contributed by atoms with Gasteiger partial charge in [0.05, 0.1) is 5.69 Å². The molecule has 1 heterocycles. The molecule has 2 nitrogen and oxygen atoms in total. The number of nitrogens with one attached hydrogen (secondary N) is 1. The lowest BCUT2D eigenvalue weighted by Crippen LogP contribution is -2.16. The molecule has 1 aromatic carbocycles. The predicted molar refractivity (Wildman–Crippen MR) is 89.5 cm³/mol. The van der Waals surface area contributed by atoms with Crippen molar-refractivity contribution in [2.24, 2.45) is 0 Å². The largest absolute Gasteiger partial charge is 0.380 e. The molecule has 2 aromatic rings. The van der Waals surface area contributed by atoms with Crippen molar-refractivity contribution in [3.63, 3.8) is 0 Å². The molecule has 0 spiro atoms. The summed E-state index contributed by atoms with van der Waals surface area (Å²) in [4.78, 5) is 4.12. The van der Waals surface area contributed by atoms with Gasteiger partial charge >= 0.3 is 0 Å². The van der Waals surface area contributed by atoms with E-state index in [2.05, 4.69) is 64.3 Å². The highest BCUT2D eigenvalue weighted by atomic mass is 79.9. The van der Waals surface area contributed by atoms with Crippen LogP contribution in [0.3, 0.4) is 0 Å². The zero-order valence-corrected chi connectivity index (χ0v) is 14.0. The first-order valence-corrected chi connectivity index (χ1v) is 7.85. The Morgan fingerprint density at radius 2 is 2.15 bits per heavy atom. The van der Waals surface area contributed by atoms with Crippen molar-refractivity contribution in [1.29, 1.82) is 0 Å². The van der Waals surface area contributed by atoms with E-state index >= 15 is 0 Å². The maximum Gasteiger partial charge on any atom is 0.152 e. The van der Waals surface area contributed by atoms with Crippen LogP contribution in [0.1, 0.15) is 24.5 Å². The number of pyridine rings is 1. The molecule has 1 atom stereocenters. The minimum absolute atomic E-state index is 0.337. The van der Waals surface area contributed by atoms with Gasteiger partial charge in [0.25, 0.3) is 0 Å². The van der Waals surface area contributed by atoms with E-state index in [1.807, 2.05) is 6.07 Å². The van der Waals surface area contributed by atoms with E-state index in [4.69, 9.17) is 11.6 Å². The Hall–Kier alpha value is -1.06. The summed E-state index contributed by atoms with van der Waals surface area (Å²) in [5.41, 5.74) is 3.55. The number of hydrogen-bond acceptors (Lipinski definition) is 2. The van der Waals surface area contributed by atoms with Crippen LogP contribution in [-0.4, -0.2) is 11.0 Å². The number of benzene rings is 1. The molecule has 1 N–H and O–H groups in total. The second kappa shape index (κ2) is 7.09. The van der Waals surface area contributed by atoms with Gasteiger partial charge in [0.15, 0.2) is 5.15 Å². The Bertz CT molecular complexity index is 586. The van der Waals surface area contributed by atoms with Crippen molar-refractivity contribution in [3.8, 4) is 0 Å². The fourth-order valence-corrected chi connectivity index (χ4v) is 2.60. The molecular weight excluding hydrogens is 336 g/mol. The van der Waals surface area contributed by atoms with Gasteiger partial charge in [-0.1, -0.05) is 41.4 Å². The summed E-state index contributed by atoms with van der Waals surface area (Å²) in [6, 6.07) is 10.9. The summed E-state index contributed by atoms with van der Waals surface area (Å²) in [5.74, 6) is 0. The molecule has 20 heavy (non-hydrogen) atoms. The number of anilines is 1. The summed E-state index contributed by atoms with van der Waals surface area (Å²) >= 11 is 9.49. The Balaban J connectivity index is 1.92. The maximum atomic E-state index is 6.08. The SMILES string of the molecule is Cc1cccc(CCC(C)Nc2cc(Br)cnc2Cl)c1. The molecule has 0 bridgehead atoms. The second-order valence-electron chi connectivity index (χ2n) is 5.07. The summed E-state index contributed by atoms with van der Waals surface area (Å²) in [6.07, 6.45) is 3.80. The fourth-order valence-electron chi connectivity index (χ4n) is 2.11. The zero-order valence-electron chi connectivity index (χ0n) is 11.7. The normalized spacial score (nSPS) is 12.2. The minimum atomic E-state index is 0.337. The first kappa shape index (κ1) is 15.3. The number of aromatic nitrogens is 1. The van der Waals surface area contributed by atoms with Crippen molar-refractivity contribution in [3.05, 3.63) is 57.3 Å². The monoisotopic (exact) mass is 352 g/mol. The number of rotatable bonds is 5. The standard InChI is InChI=1S/C16H18BrClN2/c1-11-4-3-5-13(8-11)7-6-12(2)20-15-9-14(17)10-19-16(15)18/h3-5,8-10,12,20H,6-7H2,1-2H3. The van der Waals surface area contributed by atoms with E-state index in [1.54, 1.807) is 6.20 Å². The van der Waals surface area contributed by atoms with Crippen LogP contribution in [0, 0.1) is 6.92 Å². The van der Waals surface area contributed by atoms with E-state index in [-0.39, 0.29) is 0 Å². The summed E-state index contributed by atoms with van der Waals surface area (Å²) in [6.45, 7) is 4.28. The average Bonchev–Trinajstić information content (AvgIpc) is 2.41. The molecule has 106 valence electrons. The van der Waals surface area contributed by atoms with Crippen molar-refractivity contribution < 1.29 is 0 Å². The summed E-state index contributed by atoms with van der Waals surface area (Å²) in [7, 11) is 0. The molecule has 0 saturated heterocycles. The number of nitrogens with zero attached hydrogens (tertiary/aromatic N) is 1. The van der Waals surface area contributed by atoms with Gasteiger partial charge in [0, 0.05) is 16.7 Å². The van der Waals surface area contributed by atoms with Gasteiger partial charge in [-0.25, -0.2) is 4.98 Å². The first-order valence-electron chi connectivity index (χ1n) is 6.67. The van der Waals surface area contributed by atoms with Gasteiger partial charge in [0.1, 0.15) is 0 Å².